The minimum absolute atomic E-state index is 0.230. The highest BCUT2D eigenvalue weighted by atomic mass is 32.1. The Morgan fingerprint density at radius 1 is 0.875 bits per heavy atom. The molecule has 0 N–H and O–H groups in total. The van der Waals surface area contributed by atoms with Gasteiger partial charge in [0, 0.05) is 10.8 Å². The summed E-state index contributed by atoms with van der Waals surface area (Å²) in [7, 11) is 0. The summed E-state index contributed by atoms with van der Waals surface area (Å²) in [6.45, 7) is 4.58. The molecule has 3 aromatic rings. The van der Waals surface area contributed by atoms with Gasteiger partial charge in [-0.1, -0.05) is 89.5 Å². The lowest BCUT2D eigenvalue weighted by Gasteiger charge is -2.26. The highest BCUT2D eigenvalue weighted by Crippen LogP contribution is 2.38. The first-order valence-corrected chi connectivity index (χ1v) is 13.2. The van der Waals surface area contributed by atoms with Gasteiger partial charge in [-0.05, 0) is 72.3 Å². The van der Waals surface area contributed by atoms with Crippen LogP contribution in [0.25, 0.3) is 21.7 Å². The van der Waals surface area contributed by atoms with E-state index in [1.165, 1.54) is 63.4 Å². The molecule has 0 atom stereocenters. The molecular weight excluding hydrogens is 415 g/mol. The van der Waals surface area contributed by atoms with Gasteiger partial charge in [0.1, 0.15) is 0 Å². The van der Waals surface area contributed by atoms with Gasteiger partial charge < -0.3 is 4.42 Å². The van der Waals surface area contributed by atoms with E-state index in [0.29, 0.717) is 16.2 Å². The molecule has 0 unspecified atom stereocenters. The standard InChI is InChI=1S/C29H37FOS/c1-3-4-5-6-7-8-9-10-22-15-18-25-24-17-16-23(21-13-11-20(2)12-14-21)19-26(24)29(32)31-28(25)27(22)30/h15-21H,3-14H2,1-2H3. The van der Waals surface area contributed by atoms with Crippen molar-refractivity contribution in [2.24, 2.45) is 5.92 Å². The third-order valence-electron chi connectivity index (χ3n) is 7.46. The smallest absolute Gasteiger partial charge is 0.198 e. The number of unbranched alkanes of at least 4 members (excludes halogenated alkanes) is 6. The maximum atomic E-state index is 15.3. The summed E-state index contributed by atoms with van der Waals surface area (Å²) in [5.41, 5.74) is 2.42. The van der Waals surface area contributed by atoms with Crippen LogP contribution < -0.4 is 0 Å². The quantitative estimate of drug-likeness (QED) is 0.182. The molecule has 0 amide bonds. The monoisotopic (exact) mass is 452 g/mol. The van der Waals surface area contributed by atoms with Gasteiger partial charge in [0.25, 0.3) is 0 Å². The van der Waals surface area contributed by atoms with Crippen molar-refractivity contribution in [3.05, 3.63) is 52.0 Å². The van der Waals surface area contributed by atoms with Crippen LogP contribution in [0.5, 0.6) is 0 Å². The normalized spacial score (nSPS) is 19.1. The van der Waals surface area contributed by atoms with E-state index < -0.39 is 0 Å². The Morgan fingerprint density at radius 3 is 2.31 bits per heavy atom. The van der Waals surface area contributed by atoms with Crippen molar-refractivity contribution < 1.29 is 8.81 Å². The third kappa shape index (κ3) is 5.25. The number of fused-ring (bicyclic) bond motifs is 3. The van der Waals surface area contributed by atoms with Crippen LogP contribution in [-0.2, 0) is 6.42 Å². The summed E-state index contributed by atoms with van der Waals surface area (Å²) >= 11 is 5.59. The van der Waals surface area contributed by atoms with E-state index in [1.807, 2.05) is 12.1 Å². The largest absolute Gasteiger partial charge is 0.441 e. The fourth-order valence-corrected chi connectivity index (χ4v) is 5.59. The second kappa shape index (κ2) is 10.9. The van der Waals surface area contributed by atoms with Gasteiger partial charge in [-0.15, -0.1) is 0 Å². The second-order valence-electron chi connectivity index (χ2n) is 9.94. The fourth-order valence-electron chi connectivity index (χ4n) is 5.33. The number of hydrogen-bond donors (Lipinski definition) is 0. The van der Waals surface area contributed by atoms with E-state index in [1.54, 1.807) is 0 Å². The van der Waals surface area contributed by atoms with Gasteiger partial charge in [-0.3, -0.25) is 0 Å². The molecule has 4 rings (SSSR count). The first-order chi connectivity index (χ1) is 15.6. The molecule has 0 spiro atoms. The molecule has 0 saturated heterocycles. The molecule has 0 aliphatic heterocycles. The van der Waals surface area contributed by atoms with Crippen LogP contribution in [0.4, 0.5) is 4.39 Å². The Hall–Kier alpha value is -1.74. The predicted octanol–water partition coefficient (Wildman–Crippen LogP) is 10.0. The van der Waals surface area contributed by atoms with Crippen molar-refractivity contribution in [3.8, 4) is 0 Å². The molecule has 0 bridgehead atoms. The van der Waals surface area contributed by atoms with Gasteiger partial charge in [-0.2, -0.15) is 0 Å². The van der Waals surface area contributed by atoms with Gasteiger partial charge in [0.05, 0.1) is 0 Å². The van der Waals surface area contributed by atoms with E-state index in [2.05, 4.69) is 32.0 Å². The zero-order valence-electron chi connectivity index (χ0n) is 19.7. The third-order valence-corrected chi connectivity index (χ3v) is 7.77. The molecule has 1 heterocycles. The topological polar surface area (TPSA) is 13.1 Å². The van der Waals surface area contributed by atoms with Crippen molar-refractivity contribution in [3.63, 3.8) is 0 Å². The van der Waals surface area contributed by atoms with Crippen LogP contribution in [0, 0.1) is 16.4 Å². The molecule has 2 aromatic carbocycles. The summed E-state index contributed by atoms with van der Waals surface area (Å²) in [6.07, 6.45) is 14.4. The van der Waals surface area contributed by atoms with E-state index in [4.69, 9.17) is 16.6 Å². The Morgan fingerprint density at radius 2 is 1.56 bits per heavy atom. The summed E-state index contributed by atoms with van der Waals surface area (Å²) < 4.78 is 21.6. The van der Waals surface area contributed by atoms with Crippen LogP contribution in [0.3, 0.4) is 0 Å². The highest BCUT2D eigenvalue weighted by Gasteiger charge is 2.21. The molecule has 1 aliphatic carbocycles. The zero-order chi connectivity index (χ0) is 22.5. The van der Waals surface area contributed by atoms with Crippen LogP contribution in [0.1, 0.15) is 102 Å². The minimum Gasteiger partial charge on any atom is -0.441 e. The number of benzene rings is 2. The maximum absolute atomic E-state index is 15.3. The van der Waals surface area contributed by atoms with E-state index in [-0.39, 0.29) is 5.82 Å². The molecule has 172 valence electrons. The van der Waals surface area contributed by atoms with E-state index in [9.17, 15) is 0 Å². The number of rotatable bonds is 9. The molecule has 1 nitrogen and oxygen atoms in total. The summed E-state index contributed by atoms with van der Waals surface area (Å²) in [5, 5.41) is 2.78. The average Bonchev–Trinajstić information content (AvgIpc) is 2.80. The molecule has 0 radical (unpaired) electrons. The molecule has 1 aromatic heterocycles. The summed E-state index contributed by atoms with van der Waals surface area (Å²) in [5.74, 6) is 1.20. The minimum atomic E-state index is -0.230. The predicted molar refractivity (Wildman–Crippen MR) is 137 cm³/mol. The lowest BCUT2D eigenvalue weighted by molar-refractivity contribution is 0.348. The van der Waals surface area contributed by atoms with Crippen molar-refractivity contribution in [2.45, 2.75) is 96.8 Å². The Bertz CT molecular complexity index is 1110. The number of hydrogen-bond acceptors (Lipinski definition) is 2. The van der Waals surface area contributed by atoms with Crippen LogP contribution >= 0.6 is 12.2 Å². The Balaban J connectivity index is 1.53. The summed E-state index contributed by atoms with van der Waals surface area (Å²) in [6, 6.07) is 10.5. The zero-order valence-corrected chi connectivity index (χ0v) is 20.5. The van der Waals surface area contributed by atoms with Crippen LogP contribution in [-0.4, -0.2) is 0 Å². The second-order valence-corrected chi connectivity index (χ2v) is 10.3. The highest BCUT2D eigenvalue weighted by molar-refractivity contribution is 7.71. The summed E-state index contributed by atoms with van der Waals surface area (Å²) in [4.78, 5) is 0. The molecule has 1 saturated carbocycles. The van der Waals surface area contributed by atoms with Gasteiger partial charge in [0.2, 0.25) is 0 Å². The van der Waals surface area contributed by atoms with Crippen molar-refractivity contribution in [1.29, 1.82) is 0 Å². The van der Waals surface area contributed by atoms with E-state index in [0.717, 1.165) is 46.9 Å². The van der Waals surface area contributed by atoms with E-state index >= 15 is 4.39 Å². The van der Waals surface area contributed by atoms with Crippen molar-refractivity contribution in [2.75, 3.05) is 0 Å². The SMILES string of the molecule is CCCCCCCCCc1ccc2c(oc(=S)c3cc(C4CCC(C)CC4)ccc32)c1F. The molecule has 1 aliphatic rings. The van der Waals surface area contributed by atoms with Gasteiger partial charge in [0.15, 0.2) is 16.1 Å². The fraction of sp³-hybridized carbons (Fsp3) is 0.552. The lowest BCUT2D eigenvalue weighted by Crippen LogP contribution is -2.10. The first-order valence-electron chi connectivity index (χ1n) is 12.8. The maximum Gasteiger partial charge on any atom is 0.198 e. The van der Waals surface area contributed by atoms with Gasteiger partial charge >= 0.3 is 0 Å². The first kappa shape index (κ1) is 23.4. The van der Waals surface area contributed by atoms with Gasteiger partial charge in [-0.25, -0.2) is 4.39 Å². The number of halogens is 1. The van der Waals surface area contributed by atoms with Crippen LogP contribution in [0.15, 0.2) is 34.7 Å². The van der Waals surface area contributed by atoms with Crippen molar-refractivity contribution >= 4 is 34.0 Å². The Labute approximate surface area is 197 Å². The average molecular weight is 453 g/mol. The van der Waals surface area contributed by atoms with Crippen LogP contribution in [0.2, 0.25) is 0 Å². The number of aryl methyl sites for hydroxylation is 1. The molecular formula is C29H37FOS. The Kier molecular flexibility index (Phi) is 7.99. The molecule has 3 heteroatoms. The lowest BCUT2D eigenvalue weighted by atomic mass is 9.79. The molecule has 1 fully saturated rings. The van der Waals surface area contributed by atoms with Crippen molar-refractivity contribution in [1.82, 2.24) is 0 Å². The molecule has 32 heavy (non-hydrogen) atoms.